The Morgan fingerprint density at radius 1 is 1.33 bits per heavy atom. The summed E-state index contributed by atoms with van der Waals surface area (Å²) in [6.45, 7) is 3.94. The van der Waals surface area contributed by atoms with Gasteiger partial charge in [-0.2, -0.15) is 5.10 Å². The van der Waals surface area contributed by atoms with Crippen molar-refractivity contribution in [2.75, 3.05) is 27.2 Å². The van der Waals surface area contributed by atoms with Gasteiger partial charge in [0.2, 0.25) is 5.91 Å². The van der Waals surface area contributed by atoms with E-state index in [1.54, 1.807) is 25.1 Å². The average Bonchev–Trinajstić information content (AvgIpc) is 2.32. The summed E-state index contributed by atoms with van der Waals surface area (Å²) in [4.78, 5) is 15.3. The lowest BCUT2D eigenvalue weighted by atomic mass is 10.3. The van der Waals surface area contributed by atoms with Gasteiger partial charge in [0, 0.05) is 20.6 Å². The molecule has 0 atom stereocenters. The number of aromatic nitrogens is 2. The van der Waals surface area contributed by atoms with Crippen molar-refractivity contribution in [3.63, 3.8) is 0 Å². The molecule has 100 valence electrons. The lowest BCUT2D eigenvalue weighted by Gasteiger charge is -2.22. The van der Waals surface area contributed by atoms with Crippen LogP contribution in [-0.2, 0) is 11.3 Å². The molecule has 0 spiro atoms. The zero-order valence-corrected chi connectivity index (χ0v) is 11.8. The van der Waals surface area contributed by atoms with Crippen LogP contribution >= 0.6 is 11.6 Å². The number of amides is 1. The van der Waals surface area contributed by atoms with Crippen LogP contribution in [0.1, 0.15) is 19.0 Å². The summed E-state index contributed by atoms with van der Waals surface area (Å²) >= 11 is 5.69. The summed E-state index contributed by atoms with van der Waals surface area (Å²) in [5.41, 5.74) is 0.819. The number of halogens is 1. The largest absolute Gasteiger partial charge is 0.348 e. The minimum atomic E-state index is 0.0883. The number of rotatable bonds is 6. The van der Waals surface area contributed by atoms with E-state index < -0.39 is 0 Å². The summed E-state index contributed by atoms with van der Waals surface area (Å²) in [5, 5.41) is 8.18. The third-order valence-electron chi connectivity index (χ3n) is 2.47. The smallest absolute Gasteiger partial charge is 0.236 e. The Bertz CT molecular complexity index is 380. The molecule has 0 aromatic carbocycles. The fraction of sp³-hybridized carbons (Fsp3) is 0.583. The molecule has 0 saturated carbocycles. The summed E-state index contributed by atoms with van der Waals surface area (Å²) < 4.78 is 0. The van der Waals surface area contributed by atoms with Gasteiger partial charge in [0.1, 0.15) is 0 Å². The number of likely N-dealkylation sites (N-methyl/N-ethyl adjacent to an activating group) is 1. The van der Waals surface area contributed by atoms with E-state index in [2.05, 4.69) is 22.0 Å². The highest BCUT2D eigenvalue weighted by Gasteiger charge is 2.12. The Balaban J connectivity index is 2.62. The van der Waals surface area contributed by atoms with Crippen molar-refractivity contribution in [3.8, 4) is 0 Å². The Hall–Kier alpha value is -1.20. The zero-order valence-electron chi connectivity index (χ0n) is 11.1. The highest BCUT2D eigenvalue weighted by atomic mass is 35.5. The number of carbonyl (C=O) groups is 1. The van der Waals surface area contributed by atoms with Gasteiger partial charge in [-0.15, -0.1) is 5.10 Å². The summed E-state index contributed by atoms with van der Waals surface area (Å²) in [6.07, 6.45) is 0.988. The minimum absolute atomic E-state index is 0.0883. The van der Waals surface area contributed by atoms with Gasteiger partial charge < -0.3 is 4.90 Å². The number of hydrogen-bond donors (Lipinski definition) is 0. The fourth-order valence-electron chi connectivity index (χ4n) is 1.52. The van der Waals surface area contributed by atoms with E-state index in [0.717, 1.165) is 18.7 Å². The first-order valence-corrected chi connectivity index (χ1v) is 6.31. The first-order chi connectivity index (χ1) is 8.52. The summed E-state index contributed by atoms with van der Waals surface area (Å²) in [6, 6.07) is 3.54. The number of carbonyl (C=O) groups excluding carboxylic acids is 1. The second-order valence-electron chi connectivity index (χ2n) is 4.35. The van der Waals surface area contributed by atoms with E-state index in [4.69, 9.17) is 11.6 Å². The van der Waals surface area contributed by atoms with Gasteiger partial charge in [-0.3, -0.25) is 9.69 Å². The third-order valence-corrected chi connectivity index (χ3v) is 2.67. The van der Waals surface area contributed by atoms with Crippen molar-refractivity contribution in [3.05, 3.63) is 23.0 Å². The number of hydrogen-bond acceptors (Lipinski definition) is 4. The Morgan fingerprint density at radius 2 is 2.06 bits per heavy atom. The van der Waals surface area contributed by atoms with E-state index in [-0.39, 0.29) is 5.91 Å². The summed E-state index contributed by atoms with van der Waals surface area (Å²) in [7, 11) is 3.52. The predicted molar refractivity (Wildman–Crippen MR) is 71.3 cm³/mol. The molecule has 1 aromatic heterocycles. The molecule has 1 aromatic rings. The highest BCUT2D eigenvalue weighted by Crippen LogP contribution is 2.06. The molecule has 0 aliphatic carbocycles. The van der Waals surface area contributed by atoms with Gasteiger partial charge in [0.25, 0.3) is 0 Å². The molecule has 0 bridgehead atoms. The zero-order chi connectivity index (χ0) is 13.5. The topological polar surface area (TPSA) is 49.3 Å². The van der Waals surface area contributed by atoms with Crippen LogP contribution in [0.3, 0.4) is 0 Å². The van der Waals surface area contributed by atoms with Crippen LogP contribution in [0.5, 0.6) is 0 Å². The van der Waals surface area contributed by atoms with Crippen LogP contribution < -0.4 is 0 Å². The Labute approximate surface area is 113 Å². The van der Waals surface area contributed by atoms with Crippen molar-refractivity contribution < 1.29 is 4.79 Å². The first kappa shape index (κ1) is 14.9. The van der Waals surface area contributed by atoms with E-state index in [1.807, 2.05) is 6.07 Å². The maximum Gasteiger partial charge on any atom is 0.236 e. The molecule has 1 heterocycles. The second-order valence-corrected chi connectivity index (χ2v) is 4.73. The maximum absolute atomic E-state index is 11.7. The third kappa shape index (κ3) is 4.98. The molecular formula is C12H19ClN4O. The molecule has 0 radical (unpaired) electrons. The highest BCUT2D eigenvalue weighted by molar-refractivity contribution is 6.29. The van der Waals surface area contributed by atoms with Crippen molar-refractivity contribution in [1.29, 1.82) is 0 Å². The van der Waals surface area contributed by atoms with Crippen LogP contribution in [0.25, 0.3) is 0 Å². The standard InChI is InChI=1S/C12H19ClN4O/c1-4-7-17(9-12(18)16(2)3)8-10-5-6-11(13)15-14-10/h5-6H,4,7-9H2,1-3H3. The molecule has 1 rings (SSSR count). The lowest BCUT2D eigenvalue weighted by molar-refractivity contribution is -0.130. The average molecular weight is 271 g/mol. The molecule has 6 heteroatoms. The molecule has 0 unspecified atom stereocenters. The molecule has 5 nitrogen and oxygen atoms in total. The van der Waals surface area contributed by atoms with Gasteiger partial charge in [0.05, 0.1) is 12.2 Å². The van der Waals surface area contributed by atoms with Crippen LogP contribution in [0, 0.1) is 0 Å². The first-order valence-electron chi connectivity index (χ1n) is 5.93. The quantitative estimate of drug-likeness (QED) is 0.785. The van der Waals surface area contributed by atoms with Crippen LogP contribution in [-0.4, -0.2) is 53.1 Å². The SMILES string of the molecule is CCCN(CC(=O)N(C)C)Cc1ccc(Cl)nn1. The molecule has 0 fully saturated rings. The van der Waals surface area contributed by atoms with E-state index >= 15 is 0 Å². The van der Waals surface area contributed by atoms with E-state index in [9.17, 15) is 4.79 Å². The van der Waals surface area contributed by atoms with Gasteiger partial charge in [-0.05, 0) is 25.1 Å². The molecule has 0 aliphatic heterocycles. The van der Waals surface area contributed by atoms with E-state index in [0.29, 0.717) is 18.2 Å². The second kappa shape index (κ2) is 7.28. The van der Waals surface area contributed by atoms with Crippen molar-refractivity contribution in [2.24, 2.45) is 0 Å². The fourth-order valence-corrected chi connectivity index (χ4v) is 1.62. The monoisotopic (exact) mass is 270 g/mol. The minimum Gasteiger partial charge on any atom is -0.348 e. The van der Waals surface area contributed by atoms with Gasteiger partial charge in [-0.1, -0.05) is 18.5 Å². The molecule has 0 aliphatic rings. The van der Waals surface area contributed by atoms with Gasteiger partial charge >= 0.3 is 0 Å². The van der Waals surface area contributed by atoms with Crippen molar-refractivity contribution >= 4 is 17.5 Å². The Kier molecular flexibility index (Phi) is 6.01. The Morgan fingerprint density at radius 3 is 2.56 bits per heavy atom. The predicted octanol–water partition coefficient (Wildman–Crippen LogP) is 1.43. The number of nitrogens with zero attached hydrogens (tertiary/aromatic N) is 4. The van der Waals surface area contributed by atoms with Crippen molar-refractivity contribution in [1.82, 2.24) is 20.0 Å². The molecule has 0 N–H and O–H groups in total. The molecular weight excluding hydrogens is 252 g/mol. The van der Waals surface area contributed by atoms with Gasteiger partial charge in [0.15, 0.2) is 5.15 Å². The molecule has 1 amide bonds. The maximum atomic E-state index is 11.7. The normalized spacial score (nSPS) is 10.7. The van der Waals surface area contributed by atoms with Crippen LogP contribution in [0.4, 0.5) is 0 Å². The lowest BCUT2D eigenvalue weighted by Crippen LogP contribution is -2.36. The summed E-state index contributed by atoms with van der Waals surface area (Å²) in [5.74, 6) is 0.0883. The van der Waals surface area contributed by atoms with Gasteiger partial charge in [-0.25, -0.2) is 0 Å². The van der Waals surface area contributed by atoms with Crippen LogP contribution in [0.15, 0.2) is 12.1 Å². The molecule has 18 heavy (non-hydrogen) atoms. The molecule has 0 saturated heterocycles. The van der Waals surface area contributed by atoms with Crippen LogP contribution in [0.2, 0.25) is 5.15 Å². The van der Waals surface area contributed by atoms with Crippen molar-refractivity contribution in [2.45, 2.75) is 19.9 Å². The van der Waals surface area contributed by atoms with E-state index in [1.165, 1.54) is 0 Å².